The van der Waals surface area contributed by atoms with Gasteiger partial charge in [0.25, 0.3) is 0 Å². The molecule has 2 aromatic rings. The Kier molecular flexibility index (Phi) is 4.68. The molecule has 1 unspecified atom stereocenters. The summed E-state index contributed by atoms with van der Waals surface area (Å²) in [6, 6.07) is 16.5. The third kappa shape index (κ3) is 3.28. The van der Waals surface area contributed by atoms with E-state index in [0.29, 0.717) is 5.88 Å². The molecule has 1 atom stereocenters. The first-order chi connectivity index (χ1) is 8.70. The fourth-order valence-electron chi connectivity index (χ4n) is 2.18. The second kappa shape index (κ2) is 6.26. The zero-order valence-corrected chi connectivity index (χ0v) is 11.9. The summed E-state index contributed by atoms with van der Waals surface area (Å²) in [6.45, 7) is 2.11. The highest BCUT2D eigenvalue weighted by Crippen LogP contribution is 2.28. The van der Waals surface area contributed by atoms with Gasteiger partial charge in [-0.3, -0.25) is 0 Å². The first-order valence-electron chi connectivity index (χ1n) is 6.06. The van der Waals surface area contributed by atoms with Gasteiger partial charge in [-0.1, -0.05) is 59.6 Å². The third-order valence-electron chi connectivity index (χ3n) is 3.10. The van der Waals surface area contributed by atoms with Gasteiger partial charge in [0.1, 0.15) is 0 Å². The summed E-state index contributed by atoms with van der Waals surface area (Å²) >= 11 is 12.3. The van der Waals surface area contributed by atoms with Gasteiger partial charge in [-0.15, -0.1) is 11.6 Å². The summed E-state index contributed by atoms with van der Waals surface area (Å²) in [5.74, 6) is 0.847. The van der Waals surface area contributed by atoms with E-state index in [1.165, 1.54) is 11.1 Å². The van der Waals surface area contributed by atoms with Crippen LogP contribution < -0.4 is 0 Å². The highest BCUT2D eigenvalue weighted by atomic mass is 35.5. The maximum atomic E-state index is 6.24. The van der Waals surface area contributed by atoms with E-state index in [1.807, 2.05) is 18.2 Å². The molecule has 0 saturated carbocycles. The van der Waals surface area contributed by atoms with Crippen LogP contribution in [-0.4, -0.2) is 5.88 Å². The second-order valence-electron chi connectivity index (χ2n) is 4.57. The number of hydrogen-bond donors (Lipinski definition) is 0. The Morgan fingerprint density at radius 1 is 1.06 bits per heavy atom. The SMILES string of the molecule is Cc1cccc(CC(CCl)c2ccccc2Cl)c1. The Bertz CT molecular complexity index is 520. The molecule has 0 aromatic heterocycles. The van der Waals surface area contributed by atoms with Crippen LogP contribution in [0.15, 0.2) is 48.5 Å². The van der Waals surface area contributed by atoms with Gasteiger partial charge in [-0.25, -0.2) is 0 Å². The van der Waals surface area contributed by atoms with Gasteiger partial charge < -0.3 is 0 Å². The van der Waals surface area contributed by atoms with E-state index in [0.717, 1.165) is 17.0 Å². The minimum Gasteiger partial charge on any atom is -0.126 e. The summed E-state index contributed by atoms with van der Waals surface area (Å²) in [5.41, 5.74) is 3.72. The van der Waals surface area contributed by atoms with E-state index in [4.69, 9.17) is 23.2 Å². The largest absolute Gasteiger partial charge is 0.126 e. The minimum atomic E-state index is 0.266. The molecule has 0 bridgehead atoms. The van der Waals surface area contributed by atoms with Gasteiger partial charge in [-0.05, 0) is 30.5 Å². The van der Waals surface area contributed by atoms with E-state index < -0.39 is 0 Å². The lowest BCUT2D eigenvalue weighted by molar-refractivity contribution is 0.766. The van der Waals surface area contributed by atoms with Crippen molar-refractivity contribution in [3.05, 3.63) is 70.2 Å². The molecule has 0 fully saturated rings. The fourth-order valence-corrected chi connectivity index (χ4v) is 2.74. The van der Waals surface area contributed by atoms with E-state index in [9.17, 15) is 0 Å². The van der Waals surface area contributed by atoms with Crippen molar-refractivity contribution < 1.29 is 0 Å². The van der Waals surface area contributed by atoms with Crippen LogP contribution in [-0.2, 0) is 6.42 Å². The van der Waals surface area contributed by atoms with Crippen LogP contribution >= 0.6 is 23.2 Å². The van der Waals surface area contributed by atoms with Crippen LogP contribution in [0.1, 0.15) is 22.6 Å². The first-order valence-corrected chi connectivity index (χ1v) is 6.98. The zero-order valence-electron chi connectivity index (χ0n) is 10.4. The van der Waals surface area contributed by atoms with Crippen molar-refractivity contribution in [3.8, 4) is 0 Å². The lowest BCUT2D eigenvalue weighted by atomic mass is 9.93. The van der Waals surface area contributed by atoms with Gasteiger partial charge in [0.15, 0.2) is 0 Å². The lowest BCUT2D eigenvalue weighted by Crippen LogP contribution is -2.05. The Balaban J connectivity index is 2.23. The smallest absolute Gasteiger partial charge is 0.0441 e. The molecular weight excluding hydrogens is 263 g/mol. The topological polar surface area (TPSA) is 0 Å². The van der Waals surface area contributed by atoms with E-state index in [-0.39, 0.29) is 5.92 Å². The van der Waals surface area contributed by atoms with Crippen molar-refractivity contribution in [2.24, 2.45) is 0 Å². The van der Waals surface area contributed by atoms with Crippen LogP contribution in [0, 0.1) is 6.92 Å². The number of rotatable bonds is 4. The minimum absolute atomic E-state index is 0.266. The summed E-state index contributed by atoms with van der Waals surface area (Å²) in [7, 11) is 0. The average Bonchev–Trinajstić information content (AvgIpc) is 2.37. The molecule has 0 amide bonds. The van der Waals surface area contributed by atoms with Crippen molar-refractivity contribution in [3.63, 3.8) is 0 Å². The van der Waals surface area contributed by atoms with Gasteiger partial charge in [0.05, 0.1) is 0 Å². The van der Waals surface area contributed by atoms with Gasteiger partial charge in [0.2, 0.25) is 0 Å². The van der Waals surface area contributed by atoms with E-state index in [1.54, 1.807) is 0 Å². The molecule has 0 radical (unpaired) electrons. The second-order valence-corrected chi connectivity index (χ2v) is 5.28. The number of halogens is 2. The molecule has 0 spiro atoms. The highest BCUT2D eigenvalue weighted by Gasteiger charge is 2.14. The molecule has 0 aliphatic rings. The molecule has 0 aliphatic carbocycles. The molecule has 0 saturated heterocycles. The normalized spacial score (nSPS) is 12.4. The first kappa shape index (κ1) is 13.5. The predicted molar refractivity (Wildman–Crippen MR) is 79.8 cm³/mol. The molecule has 0 aliphatic heterocycles. The third-order valence-corrected chi connectivity index (χ3v) is 3.81. The van der Waals surface area contributed by atoms with E-state index >= 15 is 0 Å². The quantitative estimate of drug-likeness (QED) is 0.674. The highest BCUT2D eigenvalue weighted by molar-refractivity contribution is 6.31. The van der Waals surface area contributed by atoms with Crippen LogP contribution in [0.2, 0.25) is 5.02 Å². The van der Waals surface area contributed by atoms with Crippen LogP contribution in [0.5, 0.6) is 0 Å². The van der Waals surface area contributed by atoms with Crippen LogP contribution in [0.3, 0.4) is 0 Å². The van der Waals surface area contributed by atoms with Crippen molar-refractivity contribution in [2.75, 3.05) is 5.88 Å². The van der Waals surface area contributed by atoms with Gasteiger partial charge >= 0.3 is 0 Å². The van der Waals surface area contributed by atoms with Crippen molar-refractivity contribution in [1.82, 2.24) is 0 Å². The van der Waals surface area contributed by atoms with Crippen molar-refractivity contribution >= 4 is 23.2 Å². The molecule has 2 aromatic carbocycles. The predicted octanol–water partition coefficient (Wildman–Crippen LogP) is 5.21. The molecule has 0 N–H and O–H groups in total. The molecule has 0 nitrogen and oxygen atoms in total. The van der Waals surface area contributed by atoms with E-state index in [2.05, 4.69) is 37.3 Å². The van der Waals surface area contributed by atoms with Crippen molar-refractivity contribution in [1.29, 1.82) is 0 Å². The molecule has 0 heterocycles. The Labute approximate surface area is 119 Å². The van der Waals surface area contributed by atoms with Crippen molar-refractivity contribution in [2.45, 2.75) is 19.3 Å². The Morgan fingerprint density at radius 2 is 1.83 bits per heavy atom. The fraction of sp³-hybridized carbons (Fsp3) is 0.250. The zero-order chi connectivity index (χ0) is 13.0. The number of hydrogen-bond acceptors (Lipinski definition) is 0. The molecule has 18 heavy (non-hydrogen) atoms. The summed E-state index contributed by atoms with van der Waals surface area (Å²) < 4.78 is 0. The average molecular weight is 279 g/mol. The Morgan fingerprint density at radius 3 is 2.50 bits per heavy atom. The molecule has 94 valence electrons. The summed E-state index contributed by atoms with van der Waals surface area (Å²) in [6.07, 6.45) is 0.926. The molecule has 2 heteroatoms. The number of alkyl halides is 1. The maximum absolute atomic E-state index is 6.24. The summed E-state index contributed by atoms with van der Waals surface area (Å²) in [4.78, 5) is 0. The van der Waals surface area contributed by atoms with Crippen LogP contribution in [0.25, 0.3) is 0 Å². The standard InChI is InChI=1S/C16H16Cl2/c1-12-5-4-6-13(9-12)10-14(11-17)15-7-2-3-8-16(15)18/h2-9,14H,10-11H2,1H3. The van der Waals surface area contributed by atoms with Crippen LogP contribution in [0.4, 0.5) is 0 Å². The monoisotopic (exact) mass is 278 g/mol. The Hall–Kier alpha value is -0.980. The molecular formula is C16H16Cl2. The number of benzene rings is 2. The number of aryl methyl sites for hydroxylation is 1. The molecule has 2 rings (SSSR count). The maximum Gasteiger partial charge on any atom is 0.0441 e. The van der Waals surface area contributed by atoms with Gasteiger partial charge in [0, 0.05) is 16.8 Å². The van der Waals surface area contributed by atoms with Gasteiger partial charge in [-0.2, -0.15) is 0 Å². The lowest BCUT2D eigenvalue weighted by Gasteiger charge is -2.16. The summed E-state index contributed by atoms with van der Waals surface area (Å²) in [5, 5.41) is 0.802.